The van der Waals surface area contributed by atoms with Crippen LogP contribution in [0, 0.1) is 0 Å². The summed E-state index contributed by atoms with van der Waals surface area (Å²) in [6.45, 7) is 1.05. The van der Waals surface area contributed by atoms with E-state index in [2.05, 4.69) is 437 Å². The van der Waals surface area contributed by atoms with Crippen LogP contribution in [0.3, 0.4) is 0 Å². The van der Waals surface area contributed by atoms with Gasteiger partial charge >= 0.3 is 0 Å². The minimum atomic E-state index is -0.968. The Kier molecular flexibility index (Phi) is 24.5. The molecule has 6 aliphatic heterocycles. The summed E-state index contributed by atoms with van der Waals surface area (Å²) in [7, 11) is -5.81. The van der Waals surface area contributed by atoms with Gasteiger partial charge in [-0.1, -0.05) is 364 Å². The first-order valence-corrected chi connectivity index (χ1v) is 51.6. The molecule has 18 aromatic rings. The van der Waals surface area contributed by atoms with E-state index in [-0.39, 0.29) is 40.8 Å². The van der Waals surface area contributed by atoms with E-state index in [1.165, 1.54) is 95.5 Å². The summed E-state index contributed by atoms with van der Waals surface area (Å²) in [5, 5.41) is 22.2. The fourth-order valence-electron chi connectivity index (χ4n) is 17.8. The third-order valence-electron chi connectivity index (χ3n) is 23.5. The molecule has 0 fully saturated rings. The summed E-state index contributed by atoms with van der Waals surface area (Å²) >= 11 is 0. The van der Waals surface area contributed by atoms with Crippen molar-refractivity contribution in [3.63, 3.8) is 0 Å². The molecule has 0 amide bonds. The van der Waals surface area contributed by atoms with Crippen molar-refractivity contribution in [2.45, 2.75) is 0 Å². The SMILES string of the molecule is c1ccc(P(c2ccccc2)c2ccc3c(c2-c2c(P(c4ccccc4)c4ccccc4)ccc4c2OCO4)OCO3)cc1.c1ccc(P(c2ccccc2)c2ccc3c(c2-c2c(P(c4ccccc4)c4ccccc4)ccc4c2OCO4)OCO3)cc1.c1ccc(P(c2ccccc2)c2ccc3c(c2-c2c(P(c4ccccc4)c4ccccc4)ccc4c2OCO4)OCO3)cc1. The van der Waals surface area contributed by atoms with Crippen molar-refractivity contribution >= 4 is 143 Å². The highest BCUT2D eigenvalue weighted by atomic mass is 31.1. The van der Waals surface area contributed by atoms with Crippen molar-refractivity contribution in [3.05, 3.63) is 437 Å². The summed E-state index contributed by atoms with van der Waals surface area (Å²) in [6, 6.07) is 155. The first-order chi connectivity index (χ1) is 65.6. The van der Waals surface area contributed by atoms with E-state index in [4.69, 9.17) is 56.8 Å². The molecule has 0 aliphatic carbocycles. The molecule has 18 heteroatoms. The Hall–Kier alpha value is -13.9. The summed E-state index contributed by atoms with van der Waals surface area (Å²) in [5.41, 5.74) is 6.06. The quantitative estimate of drug-likeness (QED) is 0.0639. The van der Waals surface area contributed by atoms with Gasteiger partial charge in [0.1, 0.15) is 0 Å². The predicted octanol–water partition coefficient (Wildman–Crippen LogP) is 19.0. The van der Waals surface area contributed by atoms with Crippen LogP contribution in [0.2, 0.25) is 0 Å². The fourth-order valence-corrected chi connectivity index (χ4v) is 32.6. The molecule has 0 bridgehead atoms. The molecule has 0 aromatic heterocycles. The van der Waals surface area contributed by atoms with Crippen LogP contribution in [0.5, 0.6) is 69.0 Å². The maximum absolute atomic E-state index is 6.35. The van der Waals surface area contributed by atoms with Crippen LogP contribution in [0.15, 0.2) is 437 Å². The highest BCUT2D eigenvalue weighted by Crippen LogP contribution is 2.58. The third kappa shape index (κ3) is 16.6. The van der Waals surface area contributed by atoms with Gasteiger partial charge in [-0.25, -0.2) is 0 Å². The molecule has 18 aromatic carbocycles. The Morgan fingerprint density at radius 3 is 0.326 bits per heavy atom. The molecule has 0 saturated carbocycles. The van der Waals surface area contributed by atoms with Crippen molar-refractivity contribution in [1.29, 1.82) is 0 Å². The van der Waals surface area contributed by atoms with Gasteiger partial charge in [0.25, 0.3) is 0 Å². The minimum Gasteiger partial charge on any atom is -0.454 e. The monoisotopic (exact) mass is 1830 g/mol. The molecule has 0 spiro atoms. The summed E-state index contributed by atoms with van der Waals surface area (Å²) in [6.07, 6.45) is 0. The molecule has 6 aliphatic rings. The Morgan fingerprint density at radius 1 is 0.114 bits per heavy atom. The van der Waals surface area contributed by atoms with Crippen LogP contribution >= 0.6 is 47.5 Å². The van der Waals surface area contributed by atoms with E-state index < -0.39 is 47.5 Å². The number of hydrogen-bond acceptors (Lipinski definition) is 12. The van der Waals surface area contributed by atoms with Crippen molar-refractivity contribution < 1.29 is 56.8 Å². The van der Waals surface area contributed by atoms with E-state index in [0.717, 1.165) is 102 Å². The number of rotatable bonds is 21. The van der Waals surface area contributed by atoms with Crippen LogP contribution in [-0.2, 0) is 0 Å². The second kappa shape index (κ2) is 38.7. The molecule has 0 atom stereocenters. The lowest BCUT2D eigenvalue weighted by molar-refractivity contribution is 0.173. The summed E-state index contributed by atoms with van der Waals surface area (Å²) < 4.78 is 74.2. The zero-order chi connectivity index (χ0) is 87.9. The lowest BCUT2D eigenvalue weighted by atomic mass is 10.0. The fraction of sp³-hybridized carbons (Fsp3) is 0.0526. The van der Waals surface area contributed by atoms with Crippen molar-refractivity contribution in [2.24, 2.45) is 0 Å². The van der Waals surface area contributed by atoms with Crippen LogP contribution in [0.1, 0.15) is 0 Å². The highest BCUT2D eigenvalue weighted by Gasteiger charge is 2.41. The van der Waals surface area contributed by atoms with Crippen molar-refractivity contribution in [3.8, 4) is 102 Å². The molecule has 12 nitrogen and oxygen atoms in total. The number of benzene rings is 18. The number of fused-ring (bicyclic) bond motifs is 6. The van der Waals surface area contributed by atoms with E-state index in [0.29, 0.717) is 0 Å². The molecule has 0 radical (unpaired) electrons. The number of ether oxygens (including phenoxy) is 12. The average molecular weight is 1830 g/mol. The lowest BCUT2D eigenvalue weighted by Gasteiger charge is -2.27. The van der Waals surface area contributed by atoms with Gasteiger partial charge in [0, 0.05) is 33.4 Å². The van der Waals surface area contributed by atoms with Gasteiger partial charge in [0.05, 0.1) is 0 Å². The van der Waals surface area contributed by atoms with Gasteiger partial charge in [0.2, 0.25) is 40.8 Å². The molecule has 6 heterocycles. The Morgan fingerprint density at radius 2 is 0.220 bits per heavy atom. The maximum Gasteiger partial charge on any atom is 0.231 e. The van der Waals surface area contributed by atoms with Gasteiger partial charge in [-0.05, 0) is 216 Å². The van der Waals surface area contributed by atoms with Gasteiger partial charge in [-0.15, -0.1) is 0 Å². The predicted molar refractivity (Wildman–Crippen MR) is 545 cm³/mol. The number of hydrogen-bond donors (Lipinski definition) is 0. The molecule has 642 valence electrons. The molecule has 0 unspecified atom stereocenters. The van der Waals surface area contributed by atoms with Gasteiger partial charge < -0.3 is 56.8 Å². The Bertz CT molecular complexity index is 5760. The van der Waals surface area contributed by atoms with Crippen LogP contribution < -0.4 is 152 Å². The Labute approximate surface area is 774 Å². The second-order valence-electron chi connectivity index (χ2n) is 31.2. The zero-order valence-electron chi connectivity index (χ0n) is 71.4. The molecule has 0 N–H and O–H groups in total. The van der Waals surface area contributed by atoms with Gasteiger partial charge in [-0.3, -0.25) is 0 Å². The van der Waals surface area contributed by atoms with Gasteiger partial charge in [0.15, 0.2) is 69.0 Å². The maximum atomic E-state index is 6.35. The van der Waals surface area contributed by atoms with Crippen molar-refractivity contribution in [2.75, 3.05) is 40.8 Å². The molecule has 132 heavy (non-hydrogen) atoms. The Balaban J connectivity index is 0.000000116. The van der Waals surface area contributed by atoms with E-state index >= 15 is 0 Å². The smallest absolute Gasteiger partial charge is 0.231 e. The standard InChI is InChI=1S/3C38H28O4P2/c3*1-5-13-27(14-6-1)43(28-15-7-2-8-16-28)33-23-21-31-37(41-25-39-31)35(33)36-34(24-22-32-38(36)42-26-40-32)44(29-17-9-3-10-18-29)30-19-11-4-12-20-30/h3*1-24H,25-26H2. The van der Waals surface area contributed by atoms with Crippen LogP contribution in [0.25, 0.3) is 33.4 Å². The molecular formula is C114H84O12P6. The molecule has 24 rings (SSSR count). The normalized spacial score (nSPS) is 13.0. The minimum absolute atomic E-state index is 0.175. The molecule has 0 saturated heterocycles. The topological polar surface area (TPSA) is 111 Å². The first kappa shape index (κ1) is 83.7. The van der Waals surface area contributed by atoms with Crippen molar-refractivity contribution in [1.82, 2.24) is 0 Å². The van der Waals surface area contributed by atoms with E-state index in [9.17, 15) is 0 Å². The average Bonchev–Trinajstić information content (AvgIpc) is 1.41. The van der Waals surface area contributed by atoms with E-state index in [1.54, 1.807) is 0 Å². The van der Waals surface area contributed by atoms with Crippen LogP contribution in [-0.4, -0.2) is 40.8 Å². The third-order valence-corrected chi connectivity index (χ3v) is 38.4. The van der Waals surface area contributed by atoms with Gasteiger partial charge in [-0.2, -0.15) is 0 Å². The summed E-state index contributed by atoms with van der Waals surface area (Å²) in [4.78, 5) is 0. The largest absolute Gasteiger partial charge is 0.454 e. The van der Waals surface area contributed by atoms with Crippen LogP contribution in [0.4, 0.5) is 0 Å². The highest BCUT2D eigenvalue weighted by molar-refractivity contribution is 7.82. The zero-order valence-corrected chi connectivity index (χ0v) is 76.8. The first-order valence-electron chi connectivity index (χ1n) is 43.6. The lowest BCUT2D eigenvalue weighted by Crippen LogP contribution is -2.26. The van der Waals surface area contributed by atoms with E-state index in [1.807, 2.05) is 0 Å². The second-order valence-corrected chi connectivity index (χ2v) is 44.3. The summed E-state index contributed by atoms with van der Waals surface area (Å²) in [5.74, 6) is 8.97. The molecular weight excluding hydrogens is 1750 g/mol.